The van der Waals surface area contributed by atoms with Crippen LogP contribution in [0.4, 0.5) is 0 Å². The third kappa shape index (κ3) is 5.71. The molecule has 0 aliphatic carbocycles. The molecule has 0 atom stereocenters. The van der Waals surface area contributed by atoms with Gasteiger partial charge >= 0.3 is 5.97 Å². The lowest BCUT2D eigenvalue weighted by atomic mass is 10.1. The molecular formula is C17H27NO4Si. The SMILES string of the molecule is COC(=O)C/C(Cc1ccccc1)=[N+](/[O-])O[Si](C)(C)C(C)(C)C. The van der Waals surface area contributed by atoms with E-state index in [-0.39, 0.29) is 11.5 Å². The molecule has 0 radical (unpaired) electrons. The topological polar surface area (TPSA) is 61.6 Å². The average molecular weight is 337 g/mol. The molecule has 1 aromatic rings. The number of hydrogen-bond donors (Lipinski definition) is 0. The Bertz CT molecular complexity index is 562. The van der Waals surface area contributed by atoms with Crippen molar-refractivity contribution in [2.45, 2.75) is 51.7 Å². The van der Waals surface area contributed by atoms with E-state index in [0.29, 0.717) is 17.0 Å². The number of rotatable bonds is 6. The van der Waals surface area contributed by atoms with E-state index in [2.05, 4.69) is 20.8 Å². The number of benzene rings is 1. The molecule has 0 N–H and O–H groups in total. The molecule has 1 aromatic carbocycles. The molecule has 0 aromatic heterocycles. The molecule has 0 fully saturated rings. The lowest BCUT2D eigenvalue weighted by molar-refractivity contribution is -0.706. The normalized spacial score (nSPS) is 13.3. The molecule has 128 valence electrons. The van der Waals surface area contributed by atoms with Crippen LogP contribution in [-0.4, -0.2) is 32.0 Å². The fraction of sp³-hybridized carbons (Fsp3) is 0.529. The van der Waals surface area contributed by atoms with Crippen LogP contribution in [0.25, 0.3) is 0 Å². The molecule has 0 aliphatic rings. The number of carbonyl (C=O) groups excluding carboxylic acids is 1. The van der Waals surface area contributed by atoms with Gasteiger partial charge in [-0.05, 0) is 10.6 Å². The monoisotopic (exact) mass is 337 g/mol. The smallest absolute Gasteiger partial charge is 0.316 e. The van der Waals surface area contributed by atoms with Crippen LogP contribution in [0.2, 0.25) is 18.1 Å². The van der Waals surface area contributed by atoms with Gasteiger partial charge in [-0.15, -0.1) is 0 Å². The molecule has 0 amide bonds. The third-order valence-electron chi connectivity index (χ3n) is 4.20. The van der Waals surface area contributed by atoms with Crippen molar-refractivity contribution in [2.75, 3.05) is 7.11 Å². The summed E-state index contributed by atoms with van der Waals surface area (Å²) in [5.41, 5.74) is 1.30. The van der Waals surface area contributed by atoms with Gasteiger partial charge in [0.25, 0.3) is 0 Å². The highest BCUT2D eigenvalue weighted by Crippen LogP contribution is 2.36. The van der Waals surface area contributed by atoms with Crippen molar-refractivity contribution in [3.8, 4) is 0 Å². The Labute approximate surface area is 139 Å². The Hall–Kier alpha value is -1.82. The van der Waals surface area contributed by atoms with Gasteiger partial charge in [0, 0.05) is 4.90 Å². The number of hydrogen-bond acceptors (Lipinski definition) is 4. The summed E-state index contributed by atoms with van der Waals surface area (Å²) in [4.78, 5) is 12.2. The maximum absolute atomic E-state index is 12.5. The standard InChI is InChI=1S/C17H27NO4Si/c1-17(2,3)23(5,6)22-18(20)15(13-16(19)21-4)12-14-10-8-7-9-11-14/h7-11H,12-13H2,1-6H3/b18-15-. The predicted octanol–water partition coefficient (Wildman–Crippen LogP) is 3.68. The van der Waals surface area contributed by atoms with E-state index < -0.39 is 14.3 Å². The molecule has 0 unspecified atom stereocenters. The number of ether oxygens (including phenoxy) is 1. The van der Waals surface area contributed by atoms with Gasteiger partial charge in [0.1, 0.15) is 6.42 Å². The Kier molecular flexibility index (Phi) is 6.38. The Morgan fingerprint density at radius 1 is 1.22 bits per heavy atom. The van der Waals surface area contributed by atoms with E-state index in [1.165, 1.54) is 7.11 Å². The summed E-state index contributed by atoms with van der Waals surface area (Å²) >= 11 is 0. The fourth-order valence-electron chi connectivity index (χ4n) is 1.67. The van der Waals surface area contributed by atoms with E-state index >= 15 is 0 Å². The second-order valence-electron chi connectivity index (χ2n) is 7.09. The van der Waals surface area contributed by atoms with E-state index in [4.69, 9.17) is 9.26 Å². The lowest BCUT2D eigenvalue weighted by Crippen LogP contribution is -2.44. The minimum absolute atomic E-state index is 0.0798. The largest absolute Gasteiger partial charge is 0.469 e. The van der Waals surface area contributed by atoms with Crippen LogP contribution >= 0.6 is 0 Å². The molecule has 0 saturated carbocycles. The van der Waals surface area contributed by atoms with Gasteiger partial charge in [-0.25, -0.2) is 0 Å². The van der Waals surface area contributed by atoms with Gasteiger partial charge in [0.15, 0.2) is 8.32 Å². The molecule has 1 rings (SSSR count). The fourth-order valence-corrected chi connectivity index (χ4v) is 2.49. The number of carbonyl (C=O) groups is 1. The van der Waals surface area contributed by atoms with Crippen LogP contribution in [0, 0.1) is 5.21 Å². The van der Waals surface area contributed by atoms with Gasteiger partial charge in [-0.3, -0.25) is 10.0 Å². The van der Waals surface area contributed by atoms with E-state index in [9.17, 15) is 10.0 Å². The second kappa shape index (κ2) is 7.63. The van der Waals surface area contributed by atoms with Crippen LogP contribution in [-0.2, 0) is 20.5 Å². The zero-order valence-electron chi connectivity index (χ0n) is 14.9. The highest BCUT2D eigenvalue weighted by atomic mass is 28.4. The number of nitrogens with zero attached hydrogens (tertiary/aromatic N) is 1. The summed E-state index contributed by atoms with van der Waals surface area (Å²) in [7, 11) is -0.957. The van der Waals surface area contributed by atoms with Crippen molar-refractivity contribution in [1.29, 1.82) is 0 Å². The Balaban J connectivity index is 3.08. The molecule has 0 aliphatic heterocycles. The van der Waals surface area contributed by atoms with Crippen molar-refractivity contribution in [2.24, 2.45) is 0 Å². The highest BCUT2D eigenvalue weighted by molar-refractivity contribution is 6.73. The van der Waals surface area contributed by atoms with Crippen LogP contribution in [0.1, 0.15) is 32.8 Å². The second-order valence-corrected chi connectivity index (χ2v) is 11.8. The molecule has 0 spiro atoms. The first-order valence-electron chi connectivity index (χ1n) is 7.68. The third-order valence-corrected chi connectivity index (χ3v) is 8.44. The predicted molar refractivity (Wildman–Crippen MR) is 93.7 cm³/mol. The molecule has 23 heavy (non-hydrogen) atoms. The van der Waals surface area contributed by atoms with Crippen molar-refractivity contribution < 1.29 is 19.0 Å². The minimum atomic E-state index is -2.27. The minimum Gasteiger partial charge on any atom is -0.469 e. The molecule has 5 nitrogen and oxygen atoms in total. The summed E-state index contributed by atoms with van der Waals surface area (Å²) < 4.78 is 10.5. The summed E-state index contributed by atoms with van der Waals surface area (Å²) in [6.45, 7) is 10.2. The molecular weight excluding hydrogens is 310 g/mol. The maximum Gasteiger partial charge on any atom is 0.316 e. The van der Waals surface area contributed by atoms with Gasteiger partial charge in [0.2, 0.25) is 5.71 Å². The zero-order chi connectivity index (χ0) is 17.7. The summed E-state index contributed by atoms with van der Waals surface area (Å²) in [6.07, 6.45) is 0.275. The zero-order valence-corrected chi connectivity index (χ0v) is 15.9. The van der Waals surface area contributed by atoms with Crippen molar-refractivity contribution in [1.82, 2.24) is 0 Å². The number of methoxy groups -OCH3 is 1. The first kappa shape index (κ1) is 19.2. The van der Waals surface area contributed by atoms with Crippen LogP contribution in [0.3, 0.4) is 0 Å². The van der Waals surface area contributed by atoms with E-state index in [1.807, 2.05) is 43.4 Å². The lowest BCUT2D eigenvalue weighted by Gasteiger charge is -2.37. The van der Waals surface area contributed by atoms with Crippen molar-refractivity contribution in [3.63, 3.8) is 0 Å². The molecule has 0 bridgehead atoms. The van der Waals surface area contributed by atoms with E-state index in [1.54, 1.807) is 0 Å². The summed E-state index contributed by atoms with van der Waals surface area (Å²) in [5, 5.41) is 12.4. The van der Waals surface area contributed by atoms with Crippen LogP contribution in [0.15, 0.2) is 30.3 Å². The summed E-state index contributed by atoms with van der Waals surface area (Å²) in [5.74, 6) is -0.449. The molecule has 6 heteroatoms. The van der Waals surface area contributed by atoms with Crippen molar-refractivity contribution in [3.05, 3.63) is 41.1 Å². The Morgan fingerprint density at radius 3 is 2.26 bits per heavy atom. The molecule has 0 saturated heterocycles. The Morgan fingerprint density at radius 2 is 1.78 bits per heavy atom. The highest BCUT2D eigenvalue weighted by Gasteiger charge is 2.37. The first-order valence-corrected chi connectivity index (χ1v) is 10.6. The van der Waals surface area contributed by atoms with Gasteiger partial charge < -0.3 is 9.26 Å². The van der Waals surface area contributed by atoms with Gasteiger partial charge in [0.05, 0.1) is 13.5 Å². The average Bonchev–Trinajstić information content (AvgIpc) is 2.45. The van der Waals surface area contributed by atoms with Crippen molar-refractivity contribution >= 4 is 20.0 Å². The maximum atomic E-state index is 12.5. The van der Waals surface area contributed by atoms with Crippen LogP contribution in [0.5, 0.6) is 0 Å². The molecule has 0 heterocycles. The quantitative estimate of drug-likeness (QED) is 0.261. The summed E-state index contributed by atoms with van der Waals surface area (Å²) in [6, 6.07) is 9.53. The number of esters is 1. The first-order chi connectivity index (χ1) is 10.6. The van der Waals surface area contributed by atoms with Gasteiger partial charge in [-0.2, -0.15) is 0 Å². The van der Waals surface area contributed by atoms with Gasteiger partial charge in [-0.1, -0.05) is 64.2 Å². The van der Waals surface area contributed by atoms with E-state index in [0.717, 1.165) is 5.56 Å². The van der Waals surface area contributed by atoms with Crippen LogP contribution < -0.4 is 0 Å².